The first kappa shape index (κ1) is 21.8. The van der Waals surface area contributed by atoms with E-state index in [0.29, 0.717) is 23.8 Å². The number of benzene rings is 1. The van der Waals surface area contributed by atoms with Crippen molar-refractivity contribution in [2.24, 2.45) is 0 Å². The summed E-state index contributed by atoms with van der Waals surface area (Å²) in [7, 11) is 1.61. The van der Waals surface area contributed by atoms with E-state index in [1.165, 1.54) is 11.1 Å². The fourth-order valence-electron chi connectivity index (χ4n) is 5.86. The molecule has 0 amide bonds. The van der Waals surface area contributed by atoms with Gasteiger partial charge in [0, 0.05) is 24.5 Å². The van der Waals surface area contributed by atoms with Crippen LogP contribution in [0.25, 0.3) is 16.7 Å². The molecule has 9 nitrogen and oxygen atoms in total. The molecule has 0 unspecified atom stereocenters. The van der Waals surface area contributed by atoms with E-state index in [2.05, 4.69) is 38.8 Å². The van der Waals surface area contributed by atoms with Gasteiger partial charge in [0.15, 0.2) is 5.82 Å². The highest BCUT2D eigenvalue weighted by atomic mass is 16.5. The summed E-state index contributed by atoms with van der Waals surface area (Å²) in [6.07, 6.45) is 5.45. The number of aliphatic hydroxyl groups is 1. The molecule has 0 spiro atoms. The SMILES string of the molecule is COc1nc(N2C[C@H]3C[C@@H]2CO3)cc(-n2ncc3cc(C)c(C4CCN(CCO)CC4)cc32)n1. The van der Waals surface area contributed by atoms with Crippen LogP contribution in [-0.4, -0.2) is 88.4 Å². The molecule has 9 heteroatoms. The van der Waals surface area contributed by atoms with Crippen molar-refractivity contribution in [2.75, 3.05) is 51.4 Å². The highest BCUT2D eigenvalue weighted by molar-refractivity contribution is 5.82. The van der Waals surface area contributed by atoms with Gasteiger partial charge in [-0.3, -0.25) is 0 Å². The van der Waals surface area contributed by atoms with Gasteiger partial charge in [0.1, 0.15) is 5.82 Å². The summed E-state index contributed by atoms with van der Waals surface area (Å²) in [5.74, 6) is 2.09. The maximum atomic E-state index is 9.26. The van der Waals surface area contributed by atoms with E-state index in [-0.39, 0.29) is 12.7 Å². The minimum absolute atomic E-state index is 0.227. The largest absolute Gasteiger partial charge is 0.467 e. The number of aryl methyl sites for hydroxylation is 1. The zero-order valence-corrected chi connectivity index (χ0v) is 19.9. The topological polar surface area (TPSA) is 88.8 Å². The van der Waals surface area contributed by atoms with Crippen LogP contribution in [0, 0.1) is 6.92 Å². The summed E-state index contributed by atoms with van der Waals surface area (Å²) in [4.78, 5) is 14.0. The van der Waals surface area contributed by atoms with Gasteiger partial charge in [-0.15, -0.1) is 0 Å². The van der Waals surface area contributed by atoms with Gasteiger partial charge in [-0.2, -0.15) is 15.1 Å². The summed E-state index contributed by atoms with van der Waals surface area (Å²) >= 11 is 0. The van der Waals surface area contributed by atoms with Gasteiger partial charge in [0.05, 0.1) is 44.2 Å². The number of nitrogens with zero attached hydrogens (tertiary/aromatic N) is 6. The first-order valence-corrected chi connectivity index (χ1v) is 12.3. The normalized spacial score (nSPS) is 23.3. The van der Waals surface area contributed by atoms with Gasteiger partial charge in [-0.1, -0.05) is 0 Å². The molecule has 3 aliphatic rings. The standard InChI is InChI=1S/C25H32N6O3/c1-16-9-18-13-26-31(22(18)11-21(16)17-3-5-29(6-4-17)7-8-32)24-12-23(27-25(28-24)33-2)30-14-20-10-19(30)15-34-20/h9,11-13,17,19-20,32H,3-8,10,14-15H2,1-2H3/t19-,20-/m1/s1. The van der Waals surface area contributed by atoms with Crippen LogP contribution in [0.1, 0.15) is 36.3 Å². The van der Waals surface area contributed by atoms with Crippen molar-refractivity contribution in [2.45, 2.75) is 44.2 Å². The Morgan fingerprint density at radius 2 is 1.97 bits per heavy atom. The van der Waals surface area contributed by atoms with Crippen molar-refractivity contribution in [3.8, 4) is 11.8 Å². The number of methoxy groups -OCH3 is 1. The average molecular weight is 465 g/mol. The Kier molecular flexibility index (Phi) is 5.63. The number of hydrogen-bond acceptors (Lipinski definition) is 8. The Hall–Kier alpha value is -2.75. The summed E-state index contributed by atoms with van der Waals surface area (Å²) in [5.41, 5.74) is 3.74. The molecule has 2 aromatic heterocycles. The van der Waals surface area contributed by atoms with E-state index in [1.807, 2.05) is 16.9 Å². The molecule has 3 aromatic rings. The Balaban J connectivity index is 1.35. The van der Waals surface area contributed by atoms with Gasteiger partial charge in [-0.25, -0.2) is 4.68 Å². The molecule has 2 bridgehead atoms. The minimum Gasteiger partial charge on any atom is -0.467 e. The molecule has 2 atom stereocenters. The lowest BCUT2D eigenvalue weighted by Crippen LogP contribution is -2.37. The Morgan fingerprint density at radius 1 is 1.15 bits per heavy atom. The van der Waals surface area contributed by atoms with Crippen LogP contribution in [0.15, 0.2) is 24.4 Å². The van der Waals surface area contributed by atoms with Gasteiger partial charge in [-0.05, 0) is 68.5 Å². The van der Waals surface area contributed by atoms with E-state index < -0.39 is 0 Å². The number of aromatic nitrogens is 4. The zero-order chi connectivity index (χ0) is 23.2. The number of anilines is 1. The van der Waals surface area contributed by atoms with Crippen LogP contribution in [0.4, 0.5) is 5.82 Å². The summed E-state index contributed by atoms with van der Waals surface area (Å²) < 4.78 is 13.2. The third kappa shape index (κ3) is 3.81. The highest BCUT2D eigenvalue weighted by Gasteiger charge is 2.40. The third-order valence-corrected chi connectivity index (χ3v) is 7.67. The molecule has 0 aliphatic carbocycles. The summed E-state index contributed by atoms with van der Waals surface area (Å²) in [5, 5.41) is 15.1. The number of rotatable bonds is 6. The molecule has 0 radical (unpaired) electrons. The minimum atomic E-state index is 0.227. The van der Waals surface area contributed by atoms with Crippen molar-refractivity contribution < 1.29 is 14.6 Å². The predicted octanol–water partition coefficient (Wildman–Crippen LogP) is 2.28. The van der Waals surface area contributed by atoms with Crippen LogP contribution in [-0.2, 0) is 4.74 Å². The van der Waals surface area contributed by atoms with Gasteiger partial charge >= 0.3 is 6.01 Å². The first-order valence-electron chi connectivity index (χ1n) is 12.3. The predicted molar refractivity (Wildman–Crippen MR) is 129 cm³/mol. The third-order valence-electron chi connectivity index (χ3n) is 7.67. The smallest absolute Gasteiger partial charge is 0.320 e. The molecule has 6 rings (SSSR count). The number of fused-ring (bicyclic) bond motifs is 3. The fourth-order valence-corrected chi connectivity index (χ4v) is 5.86. The molecule has 1 N–H and O–H groups in total. The molecule has 5 heterocycles. The summed E-state index contributed by atoms with van der Waals surface area (Å²) in [6, 6.07) is 7.26. The highest BCUT2D eigenvalue weighted by Crippen LogP contribution is 2.35. The van der Waals surface area contributed by atoms with Crippen molar-refractivity contribution >= 4 is 16.7 Å². The number of ether oxygens (including phenoxy) is 2. The molecule has 34 heavy (non-hydrogen) atoms. The molecule has 3 saturated heterocycles. The van der Waals surface area contributed by atoms with Crippen LogP contribution in [0.3, 0.4) is 0 Å². The van der Waals surface area contributed by atoms with E-state index in [4.69, 9.17) is 14.6 Å². The number of piperidine rings is 1. The lowest BCUT2D eigenvalue weighted by molar-refractivity contribution is 0.0988. The quantitative estimate of drug-likeness (QED) is 0.595. The van der Waals surface area contributed by atoms with Crippen LogP contribution < -0.4 is 9.64 Å². The van der Waals surface area contributed by atoms with Gasteiger partial charge in [0.2, 0.25) is 0 Å². The average Bonchev–Trinajstić information content (AvgIpc) is 3.60. The maximum absolute atomic E-state index is 9.26. The number of aliphatic hydroxyl groups excluding tert-OH is 1. The lowest BCUT2D eigenvalue weighted by atomic mass is 9.86. The lowest BCUT2D eigenvalue weighted by Gasteiger charge is -2.32. The fraction of sp³-hybridized carbons (Fsp3) is 0.560. The molecule has 0 saturated carbocycles. The first-order chi connectivity index (χ1) is 16.6. The maximum Gasteiger partial charge on any atom is 0.320 e. The molecule has 1 aromatic carbocycles. The number of likely N-dealkylation sites (tertiary alicyclic amines) is 1. The zero-order valence-electron chi connectivity index (χ0n) is 19.9. The second kappa shape index (κ2) is 8.79. The number of hydrogen-bond donors (Lipinski definition) is 1. The Morgan fingerprint density at radius 3 is 2.68 bits per heavy atom. The van der Waals surface area contributed by atoms with Crippen molar-refractivity contribution in [1.82, 2.24) is 24.6 Å². The Labute approximate surface area is 199 Å². The van der Waals surface area contributed by atoms with Crippen LogP contribution in [0.5, 0.6) is 6.01 Å². The molecule has 3 aliphatic heterocycles. The second-order valence-corrected chi connectivity index (χ2v) is 9.73. The van der Waals surface area contributed by atoms with Crippen molar-refractivity contribution in [3.05, 3.63) is 35.5 Å². The summed E-state index contributed by atoms with van der Waals surface area (Å²) in [6.45, 7) is 6.83. The van der Waals surface area contributed by atoms with E-state index >= 15 is 0 Å². The molecule has 180 valence electrons. The van der Waals surface area contributed by atoms with Crippen molar-refractivity contribution in [3.63, 3.8) is 0 Å². The molecular weight excluding hydrogens is 432 g/mol. The Bertz CT molecular complexity index is 1190. The van der Waals surface area contributed by atoms with E-state index in [0.717, 1.165) is 68.8 Å². The van der Waals surface area contributed by atoms with Crippen LogP contribution >= 0.6 is 0 Å². The van der Waals surface area contributed by atoms with Gasteiger partial charge < -0.3 is 24.4 Å². The second-order valence-electron chi connectivity index (χ2n) is 9.73. The van der Waals surface area contributed by atoms with Gasteiger partial charge in [0.25, 0.3) is 0 Å². The van der Waals surface area contributed by atoms with Crippen LogP contribution in [0.2, 0.25) is 0 Å². The van der Waals surface area contributed by atoms with E-state index in [1.54, 1.807) is 7.11 Å². The molecule has 3 fully saturated rings. The monoisotopic (exact) mass is 464 g/mol. The number of morpholine rings is 1. The van der Waals surface area contributed by atoms with E-state index in [9.17, 15) is 5.11 Å². The van der Waals surface area contributed by atoms with Crippen molar-refractivity contribution in [1.29, 1.82) is 0 Å². The number of β-amino-alcohol motifs (C(OH)–C–C–N with tert-alkyl or cyclic N) is 1. The molecular formula is C25H32N6O3.